The lowest BCUT2D eigenvalue weighted by molar-refractivity contribution is -0.385. The van der Waals surface area contributed by atoms with Gasteiger partial charge in [0.15, 0.2) is 0 Å². The SMILES string of the molecule is O=C(c1ccccc1[N+](=O)[O-])C(F)F. The summed E-state index contributed by atoms with van der Waals surface area (Å²) in [4.78, 5) is 20.3. The van der Waals surface area contributed by atoms with Gasteiger partial charge in [0.2, 0.25) is 5.78 Å². The Kier molecular flexibility index (Phi) is 2.85. The van der Waals surface area contributed by atoms with E-state index in [1.807, 2.05) is 0 Å². The number of nitro groups is 1. The van der Waals surface area contributed by atoms with Crippen LogP contribution in [0.2, 0.25) is 0 Å². The highest BCUT2D eigenvalue weighted by atomic mass is 19.3. The van der Waals surface area contributed by atoms with Gasteiger partial charge in [-0.05, 0) is 6.07 Å². The molecular weight excluding hydrogens is 196 g/mol. The van der Waals surface area contributed by atoms with Crippen LogP contribution in [0.4, 0.5) is 14.5 Å². The van der Waals surface area contributed by atoms with Crippen LogP contribution in [0, 0.1) is 10.1 Å². The minimum absolute atomic E-state index is 0.562. The molecule has 0 fully saturated rings. The second-order valence-electron chi connectivity index (χ2n) is 2.44. The Morgan fingerprint density at radius 1 is 1.36 bits per heavy atom. The van der Waals surface area contributed by atoms with E-state index in [9.17, 15) is 23.7 Å². The number of halogens is 2. The molecule has 6 heteroatoms. The summed E-state index contributed by atoms with van der Waals surface area (Å²) in [5, 5.41) is 10.4. The van der Waals surface area contributed by atoms with Crippen molar-refractivity contribution < 1.29 is 18.5 Å². The van der Waals surface area contributed by atoms with Crippen LogP contribution < -0.4 is 0 Å². The molecule has 0 bridgehead atoms. The molecule has 0 heterocycles. The zero-order valence-electron chi connectivity index (χ0n) is 6.81. The first-order valence-corrected chi connectivity index (χ1v) is 3.60. The Balaban J connectivity index is 3.20. The quantitative estimate of drug-likeness (QED) is 0.427. The van der Waals surface area contributed by atoms with E-state index in [1.165, 1.54) is 12.1 Å². The molecule has 0 spiro atoms. The smallest absolute Gasteiger partial charge is 0.287 e. The fraction of sp³-hybridized carbons (Fsp3) is 0.125. The first kappa shape index (κ1) is 10.2. The molecule has 4 nitrogen and oxygen atoms in total. The van der Waals surface area contributed by atoms with E-state index >= 15 is 0 Å². The number of para-hydroxylation sites is 1. The minimum atomic E-state index is -3.23. The minimum Gasteiger partial charge on any atom is -0.287 e. The Bertz CT molecular complexity index is 379. The third-order valence-electron chi connectivity index (χ3n) is 1.56. The van der Waals surface area contributed by atoms with Gasteiger partial charge in [0.25, 0.3) is 5.69 Å². The zero-order chi connectivity index (χ0) is 10.7. The fourth-order valence-electron chi connectivity index (χ4n) is 0.959. The third-order valence-corrected chi connectivity index (χ3v) is 1.56. The summed E-state index contributed by atoms with van der Waals surface area (Å²) in [6, 6.07) is 4.62. The summed E-state index contributed by atoms with van der Waals surface area (Å²) in [6.45, 7) is 0. The van der Waals surface area contributed by atoms with Crippen molar-refractivity contribution in [2.24, 2.45) is 0 Å². The number of alkyl halides is 2. The number of rotatable bonds is 3. The van der Waals surface area contributed by atoms with Crippen LogP contribution in [-0.2, 0) is 0 Å². The molecule has 0 saturated heterocycles. The average Bonchev–Trinajstić information content (AvgIpc) is 2.16. The number of carbonyl (C=O) groups is 1. The Hall–Kier alpha value is -1.85. The van der Waals surface area contributed by atoms with Crippen LogP contribution in [0.15, 0.2) is 24.3 Å². The van der Waals surface area contributed by atoms with Gasteiger partial charge in [0, 0.05) is 6.07 Å². The van der Waals surface area contributed by atoms with Gasteiger partial charge in [0.1, 0.15) is 5.56 Å². The number of nitrogens with zero attached hydrogens (tertiary/aromatic N) is 1. The Morgan fingerprint density at radius 3 is 2.43 bits per heavy atom. The topological polar surface area (TPSA) is 60.2 Å². The monoisotopic (exact) mass is 201 g/mol. The van der Waals surface area contributed by atoms with Crippen molar-refractivity contribution >= 4 is 11.5 Å². The van der Waals surface area contributed by atoms with Gasteiger partial charge in [-0.15, -0.1) is 0 Å². The average molecular weight is 201 g/mol. The van der Waals surface area contributed by atoms with Crippen LogP contribution in [0.3, 0.4) is 0 Å². The molecule has 0 unspecified atom stereocenters. The highest BCUT2D eigenvalue weighted by molar-refractivity contribution is 6.01. The van der Waals surface area contributed by atoms with Crippen LogP contribution in [0.25, 0.3) is 0 Å². The molecule has 0 saturated carbocycles. The molecule has 0 aliphatic carbocycles. The lowest BCUT2D eigenvalue weighted by Crippen LogP contribution is -2.12. The van der Waals surface area contributed by atoms with Crippen LogP contribution >= 0.6 is 0 Å². The molecule has 0 amide bonds. The molecule has 1 aromatic rings. The van der Waals surface area contributed by atoms with E-state index in [1.54, 1.807) is 0 Å². The van der Waals surface area contributed by atoms with Crippen LogP contribution in [0.5, 0.6) is 0 Å². The van der Waals surface area contributed by atoms with E-state index in [4.69, 9.17) is 0 Å². The number of benzene rings is 1. The first-order valence-electron chi connectivity index (χ1n) is 3.60. The summed E-state index contributed by atoms with van der Waals surface area (Å²) >= 11 is 0. The van der Waals surface area contributed by atoms with E-state index in [2.05, 4.69) is 0 Å². The molecule has 0 radical (unpaired) electrons. The summed E-state index contributed by atoms with van der Waals surface area (Å²) in [7, 11) is 0. The number of hydrogen-bond donors (Lipinski definition) is 0. The molecule has 0 aromatic heterocycles. The summed E-state index contributed by atoms with van der Waals surface area (Å²) in [6.07, 6.45) is -3.23. The molecular formula is C8H5F2NO3. The van der Waals surface area contributed by atoms with E-state index < -0.39 is 28.4 Å². The predicted molar refractivity (Wildman–Crippen MR) is 43.4 cm³/mol. The molecule has 0 aliphatic rings. The number of hydrogen-bond acceptors (Lipinski definition) is 3. The van der Waals surface area contributed by atoms with E-state index in [0.29, 0.717) is 0 Å². The zero-order valence-corrected chi connectivity index (χ0v) is 6.81. The van der Waals surface area contributed by atoms with Gasteiger partial charge in [0.05, 0.1) is 4.92 Å². The summed E-state index contributed by atoms with van der Waals surface area (Å²) < 4.78 is 24.0. The van der Waals surface area contributed by atoms with Crippen LogP contribution in [-0.4, -0.2) is 17.1 Å². The van der Waals surface area contributed by atoms with Crippen molar-refractivity contribution in [2.45, 2.75) is 6.43 Å². The maximum absolute atomic E-state index is 12.0. The van der Waals surface area contributed by atoms with Gasteiger partial charge in [-0.2, -0.15) is 0 Å². The number of Topliss-reactive ketones (excluding diaryl/α,β-unsaturated/α-hetero) is 1. The summed E-state index contributed by atoms with van der Waals surface area (Å²) in [5.41, 5.74) is -1.16. The standard InChI is InChI=1S/C8H5F2NO3/c9-8(10)7(12)5-3-1-2-4-6(5)11(13)14/h1-4,8H. The fourth-order valence-corrected chi connectivity index (χ4v) is 0.959. The van der Waals surface area contributed by atoms with E-state index in [0.717, 1.165) is 12.1 Å². The molecule has 74 valence electrons. The van der Waals surface area contributed by atoms with Gasteiger partial charge in [-0.25, -0.2) is 8.78 Å². The predicted octanol–water partition coefficient (Wildman–Crippen LogP) is 2.04. The second-order valence-corrected chi connectivity index (χ2v) is 2.44. The molecule has 0 atom stereocenters. The maximum atomic E-state index is 12.0. The highest BCUT2D eigenvalue weighted by Gasteiger charge is 2.25. The van der Waals surface area contributed by atoms with E-state index in [-0.39, 0.29) is 0 Å². The molecule has 1 aromatic carbocycles. The number of carbonyl (C=O) groups excluding carboxylic acids is 1. The van der Waals surface area contributed by atoms with Gasteiger partial charge in [-0.3, -0.25) is 14.9 Å². The normalized spacial score (nSPS) is 10.2. The summed E-state index contributed by atoms with van der Waals surface area (Å²) in [5.74, 6) is -1.53. The second kappa shape index (κ2) is 3.91. The van der Waals surface area contributed by atoms with Crippen molar-refractivity contribution in [1.82, 2.24) is 0 Å². The van der Waals surface area contributed by atoms with Gasteiger partial charge >= 0.3 is 6.43 Å². The molecule has 14 heavy (non-hydrogen) atoms. The van der Waals surface area contributed by atoms with Gasteiger partial charge < -0.3 is 0 Å². The maximum Gasteiger partial charge on any atom is 0.300 e. The Morgan fingerprint density at radius 2 is 1.93 bits per heavy atom. The third kappa shape index (κ3) is 1.90. The van der Waals surface area contributed by atoms with Gasteiger partial charge in [-0.1, -0.05) is 12.1 Å². The Labute approximate surface area is 77.3 Å². The van der Waals surface area contributed by atoms with Crippen molar-refractivity contribution in [3.63, 3.8) is 0 Å². The van der Waals surface area contributed by atoms with Crippen molar-refractivity contribution in [2.75, 3.05) is 0 Å². The van der Waals surface area contributed by atoms with Crippen molar-refractivity contribution in [3.8, 4) is 0 Å². The highest BCUT2D eigenvalue weighted by Crippen LogP contribution is 2.20. The molecule has 0 N–H and O–H groups in total. The van der Waals surface area contributed by atoms with Crippen molar-refractivity contribution in [1.29, 1.82) is 0 Å². The lowest BCUT2D eigenvalue weighted by Gasteiger charge is -1.99. The lowest BCUT2D eigenvalue weighted by atomic mass is 10.1. The van der Waals surface area contributed by atoms with Crippen LogP contribution in [0.1, 0.15) is 10.4 Å². The number of nitro benzene ring substituents is 1. The number of ketones is 1. The molecule has 1 rings (SSSR count). The molecule has 0 aliphatic heterocycles. The van der Waals surface area contributed by atoms with Crippen molar-refractivity contribution in [3.05, 3.63) is 39.9 Å². The first-order chi connectivity index (χ1) is 6.54. The largest absolute Gasteiger partial charge is 0.300 e.